The van der Waals surface area contributed by atoms with Gasteiger partial charge in [0, 0.05) is 13.7 Å². The summed E-state index contributed by atoms with van der Waals surface area (Å²) in [6, 6.07) is 18.8. The van der Waals surface area contributed by atoms with Gasteiger partial charge in [0.2, 0.25) is 0 Å². The third-order valence-corrected chi connectivity index (χ3v) is 7.79. The number of hydrogen-bond acceptors (Lipinski definition) is 7. The van der Waals surface area contributed by atoms with E-state index in [1.165, 1.54) is 37.7 Å². The maximum atomic E-state index is 12.2. The number of phenols is 1. The van der Waals surface area contributed by atoms with Gasteiger partial charge in [-0.15, -0.1) is 0 Å². The van der Waals surface area contributed by atoms with E-state index >= 15 is 0 Å². The highest BCUT2D eigenvalue weighted by atomic mass is 31.1. The van der Waals surface area contributed by atoms with Gasteiger partial charge in [-0.2, -0.15) is 0 Å². The van der Waals surface area contributed by atoms with Gasteiger partial charge in [0.25, 0.3) is 0 Å². The molecule has 0 spiro atoms. The van der Waals surface area contributed by atoms with Crippen LogP contribution < -0.4 is 15.0 Å². The van der Waals surface area contributed by atoms with Gasteiger partial charge in [0.1, 0.15) is 17.8 Å². The Morgan fingerprint density at radius 2 is 1.55 bits per heavy atom. The van der Waals surface area contributed by atoms with E-state index in [2.05, 4.69) is 39.5 Å². The fourth-order valence-corrected chi connectivity index (χ4v) is 5.41. The van der Waals surface area contributed by atoms with Crippen molar-refractivity contribution in [3.63, 3.8) is 0 Å². The molecule has 0 amide bonds. The fraction of sp³-hybridized carbons (Fsp3) is 0.472. The number of phenolic OH excluding ortho intramolecular Hbond substituents is 1. The summed E-state index contributed by atoms with van der Waals surface area (Å²) in [7, 11) is -0.141. The lowest BCUT2D eigenvalue weighted by molar-refractivity contribution is -0.106. The largest absolute Gasteiger partial charge is 0.598 e. The molecule has 1 fully saturated rings. The van der Waals surface area contributed by atoms with E-state index in [-0.39, 0.29) is 18.8 Å². The molecule has 1 unspecified atom stereocenters. The molecule has 0 bridgehead atoms. The molecule has 1 saturated carbocycles. The number of hydrogen-bond donors (Lipinski definition) is 2. The van der Waals surface area contributed by atoms with Gasteiger partial charge >= 0.3 is 14.4 Å². The number of aryl methyl sites for hydroxylation is 2. The summed E-state index contributed by atoms with van der Waals surface area (Å²) < 4.78 is 28.5. The van der Waals surface area contributed by atoms with Gasteiger partial charge in [-0.3, -0.25) is 4.52 Å². The fourth-order valence-electron chi connectivity index (χ4n) is 4.75. The first-order valence-corrected chi connectivity index (χ1v) is 16.9. The van der Waals surface area contributed by atoms with Gasteiger partial charge in [0.05, 0.1) is 6.10 Å². The number of carbonyl (C=O) groups excluding carboxylic acids is 1. The van der Waals surface area contributed by atoms with Crippen LogP contribution in [-0.2, 0) is 20.5 Å². The van der Waals surface area contributed by atoms with Crippen molar-refractivity contribution in [1.82, 2.24) is 0 Å². The Labute approximate surface area is 266 Å². The maximum Gasteiger partial charge on any atom is 0.598 e. The molecule has 8 heteroatoms. The minimum Gasteiger partial charge on any atom is -0.508 e. The molecule has 0 aromatic heterocycles. The Morgan fingerprint density at radius 3 is 2.05 bits per heavy atom. The molecule has 44 heavy (non-hydrogen) atoms. The highest BCUT2D eigenvalue weighted by molar-refractivity contribution is 7.39. The van der Waals surface area contributed by atoms with Crippen LogP contribution in [0, 0.1) is 13.8 Å². The minimum atomic E-state index is -1.96. The number of aldehydes is 1. The first kappa shape index (κ1) is 38.8. The van der Waals surface area contributed by atoms with E-state index < -0.39 is 8.03 Å². The number of nitrogens with two attached hydrogens (primary N) is 1. The number of aromatic hydroxyl groups is 1. The molecule has 7 nitrogen and oxygen atoms in total. The smallest absolute Gasteiger partial charge is 0.508 e. The van der Waals surface area contributed by atoms with Crippen molar-refractivity contribution in [3.8, 4) is 17.2 Å². The van der Waals surface area contributed by atoms with Crippen LogP contribution in [0.4, 0.5) is 0 Å². The van der Waals surface area contributed by atoms with Crippen LogP contribution in [0.2, 0.25) is 0 Å². The van der Waals surface area contributed by atoms with E-state index in [0.29, 0.717) is 29.6 Å². The van der Waals surface area contributed by atoms with Gasteiger partial charge in [-0.25, -0.2) is 0 Å². The van der Waals surface area contributed by atoms with E-state index in [1.807, 2.05) is 57.4 Å². The van der Waals surface area contributed by atoms with Crippen LogP contribution >= 0.6 is 8.03 Å². The molecular weight excluding hydrogens is 573 g/mol. The quantitative estimate of drug-likeness (QED) is 0.171. The van der Waals surface area contributed by atoms with E-state index in [4.69, 9.17) is 18.8 Å². The normalized spacial score (nSPS) is 12.8. The second-order valence-corrected chi connectivity index (χ2v) is 11.8. The highest BCUT2D eigenvalue weighted by Crippen LogP contribution is 2.31. The summed E-state index contributed by atoms with van der Waals surface area (Å²) in [6.45, 7) is 12.4. The van der Waals surface area contributed by atoms with Crippen LogP contribution in [0.3, 0.4) is 0 Å². The number of para-hydroxylation sites is 1. The first-order valence-electron chi connectivity index (χ1n) is 15.6. The molecule has 0 heterocycles. The number of carbonyl (C=O) groups is 1. The molecular formula is C36H53NO6P+. The predicted octanol–water partition coefficient (Wildman–Crippen LogP) is 9.02. The number of methoxy groups -OCH3 is 1. The topological polar surface area (TPSA) is 108 Å². The van der Waals surface area contributed by atoms with Crippen molar-refractivity contribution in [3.05, 3.63) is 88.5 Å². The zero-order valence-electron chi connectivity index (χ0n) is 27.7. The second-order valence-electron chi connectivity index (χ2n) is 10.7. The lowest BCUT2D eigenvalue weighted by atomic mass is 9.93. The zero-order valence-corrected chi connectivity index (χ0v) is 28.6. The van der Waals surface area contributed by atoms with Gasteiger partial charge in [0.15, 0.2) is 5.75 Å². The van der Waals surface area contributed by atoms with Crippen LogP contribution in [0.1, 0.15) is 93.5 Å². The van der Waals surface area contributed by atoms with Crippen LogP contribution in [0.15, 0.2) is 60.7 Å². The Bertz CT molecular complexity index is 1220. The van der Waals surface area contributed by atoms with Crippen molar-refractivity contribution in [1.29, 1.82) is 0 Å². The molecule has 3 aromatic rings. The van der Waals surface area contributed by atoms with E-state index in [1.54, 1.807) is 18.2 Å². The SMILES string of the molecule is CC.COC1CCCCC1.Cc1cc(OC[P+](=O)Oc2ccccc2)cc(C)c1Cc1ccc(O)c(C(C)C)c1.NCC=O. The maximum absolute atomic E-state index is 12.2. The van der Waals surface area contributed by atoms with E-state index in [0.717, 1.165) is 28.7 Å². The lowest BCUT2D eigenvalue weighted by Gasteiger charge is -2.19. The summed E-state index contributed by atoms with van der Waals surface area (Å²) >= 11 is 0. The van der Waals surface area contributed by atoms with Crippen LogP contribution in [0.5, 0.6) is 17.2 Å². The van der Waals surface area contributed by atoms with Crippen molar-refractivity contribution < 1.29 is 28.5 Å². The molecule has 4 rings (SSSR count). The molecule has 242 valence electrons. The summed E-state index contributed by atoms with van der Waals surface area (Å²) in [5.74, 6) is 1.86. The Morgan fingerprint density at radius 1 is 0.955 bits per heavy atom. The summed E-state index contributed by atoms with van der Waals surface area (Å²) in [5.41, 5.74) is 10.2. The molecule has 1 aliphatic rings. The molecule has 3 N–H and O–H groups in total. The second kappa shape index (κ2) is 22.3. The number of benzene rings is 3. The molecule has 0 saturated heterocycles. The first-order chi connectivity index (χ1) is 21.2. The summed E-state index contributed by atoms with van der Waals surface area (Å²) in [4.78, 5) is 9.05. The molecule has 1 atom stereocenters. The van der Waals surface area contributed by atoms with Crippen LogP contribution in [-0.4, -0.2) is 37.5 Å². The average molecular weight is 627 g/mol. The average Bonchev–Trinajstić information content (AvgIpc) is 3.04. The van der Waals surface area contributed by atoms with Gasteiger partial charge in [-0.1, -0.05) is 77.3 Å². The summed E-state index contributed by atoms with van der Waals surface area (Å²) in [6.07, 6.45) is 8.76. The Balaban J connectivity index is 0.000000573. The Kier molecular flexibility index (Phi) is 19.6. The monoisotopic (exact) mass is 626 g/mol. The molecule has 0 radical (unpaired) electrons. The molecule has 1 aliphatic carbocycles. The lowest BCUT2D eigenvalue weighted by Crippen LogP contribution is -2.13. The van der Waals surface area contributed by atoms with Crippen molar-refractivity contribution >= 4 is 14.3 Å². The standard InChI is InChI=1S/C25H27O4P.C7H14O.C2H5NO.C2H6/c1-17(2)23-14-20(10-11-25(23)26)15-24-18(3)12-22(13-19(24)4)28-16-30(27)29-21-8-6-5-7-9-21;1-8-7-5-3-2-4-6-7;3-1-2-4;1-2/h5-14,17H,15-16H2,1-4H3;7H,2-6H2,1H3;2H,1,3H2;1-2H3/p+1. The highest BCUT2D eigenvalue weighted by Gasteiger charge is 2.21. The third-order valence-electron chi connectivity index (χ3n) is 7.03. The van der Waals surface area contributed by atoms with Crippen molar-refractivity contribution in [2.75, 3.05) is 20.0 Å². The third kappa shape index (κ3) is 14.5. The minimum absolute atomic E-state index is 0.00182. The van der Waals surface area contributed by atoms with Gasteiger partial charge < -0.3 is 25.1 Å². The van der Waals surface area contributed by atoms with Crippen molar-refractivity contribution in [2.24, 2.45) is 5.73 Å². The number of ether oxygens (including phenoxy) is 2. The molecule has 3 aromatic carbocycles. The Hall–Kier alpha value is -3.25. The van der Waals surface area contributed by atoms with Crippen molar-refractivity contribution in [2.45, 2.75) is 92.1 Å². The van der Waals surface area contributed by atoms with Gasteiger partial charge in [-0.05, 0) is 102 Å². The predicted molar refractivity (Wildman–Crippen MR) is 181 cm³/mol. The summed E-state index contributed by atoms with van der Waals surface area (Å²) in [5, 5.41) is 10.1. The zero-order chi connectivity index (χ0) is 32.9. The van der Waals surface area contributed by atoms with Crippen LogP contribution in [0.25, 0.3) is 0 Å². The van der Waals surface area contributed by atoms with E-state index in [9.17, 15) is 9.67 Å². The molecule has 0 aliphatic heterocycles. The number of rotatable bonds is 10.